The van der Waals surface area contributed by atoms with Gasteiger partial charge < -0.3 is 11.5 Å². The van der Waals surface area contributed by atoms with Gasteiger partial charge in [-0.15, -0.1) is 0 Å². The number of nitrogens with zero attached hydrogens (tertiary/aromatic N) is 1. The highest BCUT2D eigenvalue weighted by Crippen LogP contribution is 2.43. The maximum Gasteiger partial charge on any atom is 0.0393 e. The molecule has 0 bridgehead atoms. The van der Waals surface area contributed by atoms with Gasteiger partial charge in [-0.1, -0.05) is 20.8 Å². The molecule has 3 heteroatoms. The zero-order valence-electron chi connectivity index (χ0n) is 12.4. The minimum Gasteiger partial charge on any atom is -0.398 e. The lowest BCUT2D eigenvalue weighted by Gasteiger charge is -2.38. The van der Waals surface area contributed by atoms with Crippen LogP contribution in [-0.4, -0.2) is 4.98 Å². The van der Waals surface area contributed by atoms with E-state index < -0.39 is 0 Å². The van der Waals surface area contributed by atoms with Crippen LogP contribution in [0.2, 0.25) is 0 Å². The monoisotopic (exact) mass is 261 g/mol. The third-order valence-corrected chi connectivity index (χ3v) is 4.75. The molecule has 1 aliphatic rings. The number of nitrogen functional groups attached to an aromatic ring is 1. The molecule has 1 atom stereocenters. The van der Waals surface area contributed by atoms with E-state index in [4.69, 9.17) is 11.5 Å². The van der Waals surface area contributed by atoms with Gasteiger partial charge in [-0.05, 0) is 49.0 Å². The van der Waals surface area contributed by atoms with Crippen LogP contribution in [0.5, 0.6) is 0 Å². The summed E-state index contributed by atoms with van der Waals surface area (Å²) in [5, 5.41) is 0. The Morgan fingerprint density at radius 3 is 2.37 bits per heavy atom. The number of hydrogen-bond acceptors (Lipinski definition) is 3. The van der Waals surface area contributed by atoms with Gasteiger partial charge in [0.1, 0.15) is 0 Å². The van der Waals surface area contributed by atoms with Crippen LogP contribution in [-0.2, 0) is 0 Å². The summed E-state index contributed by atoms with van der Waals surface area (Å²) in [4.78, 5) is 4.16. The van der Waals surface area contributed by atoms with Crippen LogP contribution in [0.4, 0.5) is 5.69 Å². The fourth-order valence-corrected chi connectivity index (χ4v) is 3.29. The standard InChI is InChI=1S/C16H27N3/c1-16(2,3)12-6-4-11(5-7-12)15(18)13-10-19-9-8-14(13)17/h8-12,15H,4-7,18H2,1-3H3,(H2,17,19). The van der Waals surface area contributed by atoms with E-state index in [1.165, 1.54) is 25.7 Å². The van der Waals surface area contributed by atoms with Gasteiger partial charge in [-0.2, -0.15) is 0 Å². The van der Waals surface area contributed by atoms with E-state index in [2.05, 4.69) is 25.8 Å². The van der Waals surface area contributed by atoms with Gasteiger partial charge in [0.25, 0.3) is 0 Å². The molecule has 1 saturated carbocycles. The molecule has 19 heavy (non-hydrogen) atoms. The summed E-state index contributed by atoms with van der Waals surface area (Å²) in [7, 11) is 0. The lowest BCUT2D eigenvalue weighted by atomic mass is 9.68. The van der Waals surface area contributed by atoms with E-state index in [0.29, 0.717) is 11.3 Å². The van der Waals surface area contributed by atoms with Crippen molar-refractivity contribution in [3.8, 4) is 0 Å². The Hall–Kier alpha value is -1.09. The predicted molar refractivity (Wildman–Crippen MR) is 80.5 cm³/mol. The van der Waals surface area contributed by atoms with Gasteiger partial charge in [0.2, 0.25) is 0 Å². The van der Waals surface area contributed by atoms with Gasteiger partial charge in [-0.25, -0.2) is 0 Å². The van der Waals surface area contributed by atoms with Gasteiger partial charge in [0, 0.05) is 29.7 Å². The molecule has 1 aromatic heterocycles. The first-order valence-corrected chi connectivity index (χ1v) is 7.34. The van der Waals surface area contributed by atoms with E-state index >= 15 is 0 Å². The van der Waals surface area contributed by atoms with E-state index in [1.807, 2.05) is 12.3 Å². The number of nitrogens with two attached hydrogens (primary N) is 2. The summed E-state index contributed by atoms with van der Waals surface area (Å²) in [5.74, 6) is 1.37. The van der Waals surface area contributed by atoms with Crippen molar-refractivity contribution in [1.29, 1.82) is 0 Å². The van der Waals surface area contributed by atoms with Gasteiger partial charge in [0.05, 0.1) is 0 Å². The first-order chi connectivity index (χ1) is 8.89. The summed E-state index contributed by atoms with van der Waals surface area (Å²) >= 11 is 0. The van der Waals surface area contributed by atoms with Gasteiger partial charge >= 0.3 is 0 Å². The molecule has 0 spiro atoms. The Balaban J connectivity index is 2.00. The third-order valence-electron chi connectivity index (χ3n) is 4.75. The molecule has 106 valence electrons. The van der Waals surface area contributed by atoms with Crippen LogP contribution in [0.3, 0.4) is 0 Å². The SMILES string of the molecule is CC(C)(C)C1CCC(C(N)c2cnccc2N)CC1. The lowest BCUT2D eigenvalue weighted by molar-refractivity contribution is 0.140. The number of rotatable bonds is 2. The van der Waals surface area contributed by atoms with E-state index in [0.717, 1.165) is 17.2 Å². The number of pyridine rings is 1. The van der Waals surface area contributed by atoms with Crippen molar-refractivity contribution in [3.63, 3.8) is 0 Å². The Labute approximate surface area is 116 Å². The molecule has 2 rings (SSSR count). The highest BCUT2D eigenvalue weighted by Gasteiger charge is 2.32. The summed E-state index contributed by atoms with van der Waals surface area (Å²) in [6.45, 7) is 7.03. The minimum atomic E-state index is 0.0367. The number of aromatic nitrogens is 1. The van der Waals surface area contributed by atoms with Crippen LogP contribution in [0.1, 0.15) is 58.1 Å². The molecule has 1 aromatic rings. The van der Waals surface area contributed by atoms with Crippen LogP contribution < -0.4 is 11.5 Å². The van der Waals surface area contributed by atoms with Gasteiger partial charge in [0.15, 0.2) is 0 Å². The maximum atomic E-state index is 6.41. The molecule has 0 saturated heterocycles. The van der Waals surface area contributed by atoms with Crippen molar-refractivity contribution in [3.05, 3.63) is 24.0 Å². The molecule has 0 aromatic carbocycles. The van der Waals surface area contributed by atoms with Crippen LogP contribution in [0.15, 0.2) is 18.5 Å². The topological polar surface area (TPSA) is 64.9 Å². The zero-order valence-corrected chi connectivity index (χ0v) is 12.4. The fraction of sp³-hybridized carbons (Fsp3) is 0.688. The second kappa shape index (κ2) is 5.49. The maximum absolute atomic E-state index is 6.41. The van der Waals surface area contributed by atoms with Gasteiger partial charge in [-0.3, -0.25) is 4.98 Å². The van der Waals surface area contributed by atoms with E-state index in [9.17, 15) is 0 Å². The summed E-state index contributed by atoms with van der Waals surface area (Å²) in [6.07, 6.45) is 8.52. The Bertz CT molecular complexity index is 414. The summed E-state index contributed by atoms with van der Waals surface area (Å²) in [5.41, 5.74) is 14.6. The van der Waals surface area contributed by atoms with Crippen molar-refractivity contribution >= 4 is 5.69 Å². The Morgan fingerprint density at radius 2 is 1.84 bits per heavy atom. The van der Waals surface area contributed by atoms with Crippen molar-refractivity contribution in [2.45, 2.75) is 52.5 Å². The van der Waals surface area contributed by atoms with Crippen molar-refractivity contribution in [1.82, 2.24) is 4.98 Å². The lowest BCUT2D eigenvalue weighted by Crippen LogP contribution is -2.31. The average molecular weight is 261 g/mol. The summed E-state index contributed by atoms with van der Waals surface area (Å²) in [6, 6.07) is 1.88. The molecular weight excluding hydrogens is 234 g/mol. The molecule has 3 nitrogen and oxygen atoms in total. The molecule has 0 radical (unpaired) electrons. The largest absolute Gasteiger partial charge is 0.398 e. The quantitative estimate of drug-likeness (QED) is 0.856. The Morgan fingerprint density at radius 1 is 1.21 bits per heavy atom. The molecule has 4 N–H and O–H groups in total. The number of hydrogen-bond donors (Lipinski definition) is 2. The normalized spacial score (nSPS) is 26.1. The van der Waals surface area contributed by atoms with Crippen LogP contribution in [0.25, 0.3) is 0 Å². The van der Waals surface area contributed by atoms with Crippen molar-refractivity contribution in [2.24, 2.45) is 23.0 Å². The first kappa shape index (κ1) is 14.3. The highest BCUT2D eigenvalue weighted by atomic mass is 14.7. The minimum absolute atomic E-state index is 0.0367. The Kier molecular flexibility index (Phi) is 4.14. The van der Waals surface area contributed by atoms with Crippen molar-refractivity contribution < 1.29 is 0 Å². The zero-order chi connectivity index (χ0) is 14.0. The molecule has 0 aliphatic heterocycles. The number of anilines is 1. The average Bonchev–Trinajstić information content (AvgIpc) is 2.38. The summed E-state index contributed by atoms with van der Waals surface area (Å²) < 4.78 is 0. The van der Waals surface area contributed by atoms with Crippen LogP contribution in [0, 0.1) is 17.3 Å². The van der Waals surface area contributed by atoms with Crippen LogP contribution >= 0.6 is 0 Å². The first-order valence-electron chi connectivity index (χ1n) is 7.34. The van der Waals surface area contributed by atoms with Crippen molar-refractivity contribution in [2.75, 3.05) is 5.73 Å². The smallest absolute Gasteiger partial charge is 0.0393 e. The fourth-order valence-electron chi connectivity index (χ4n) is 3.29. The predicted octanol–water partition coefficient (Wildman–Crippen LogP) is 3.52. The molecular formula is C16H27N3. The second-order valence-electron chi connectivity index (χ2n) is 7.01. The molecule has 1 fully saturated rings. The van der Waals surface area contributed by atoms with E-state index in [1.54, 1.807) is 6.20 Å². The van der Waals surface area contributed by atoms with E-state index in [-0.39, 0.29) is 6.04 Å². The highest BCUT2D eigenvalue weighted by molar-refractivity contribution is 5.46. The molecule has 0 amide bonds. The third kappa shape index (κ3) is 3.27. The second-order valence-corrected chi connectivity index (χ2v) is 7.01. The molecule has 1 unspecified atom stereocenters. The molecule has 1 heterocycles. The molecule has 1 aliphatic carbocycles.